The van der Waals surface area contributed by atoms with E-state index in [4.69, 9.17) is 0 Å². The van der Waals surface area contributed by atoms with Crippen molar-refractivity contribution in [3.63, 3.8) is 0 Å². The minimum absolute atomic E-state index is 0.462. The fourth-order valence-electron chi connectivity index (χ4n) is 2.87. The first-order valence-corrected chi connectivity index (χ1v) is 8.02. The van der Waals surface area contributed by atoms with Gasteiger partial charge < -0.3 is 10.6 Å². The standard InChI is InChI=1S/C15H26N2S/c1-4-13-5-8-18-14(13)9-17-11-15(12(2)3)6-7-16-10-15/h5,8,12,16-17H,4,6-7,9-11H2,1-3H3. The van der Waals surface area contributed by atoms with Gasteiger partial charge in [-0.3, -0.25) is 0 Å². The van der Waals surface area contributed by atoms with Gasteiger partial charge in [0.15, 0.2) is 0 Å². The third-order valence-electron chi connectivity index (χ3n) is 4.48. The van der Waals surface area contributed by atoms with Crippen molar-refractivity contribution in [1.82, 2.24) is 10.6 Å². The summed E-state index contributed by atoms with van der Waals surface area (Å²) in [6, 6.07) is 2.26. The van der Waals surface area contributed by atoms with E-state index in [0.717, 1.165) is 25.4 Å². The van der Waals surface area contributed by atoms with Crippen molar-refractivity contribution in [2.24, 2.45) is 11.3 Å². The molecule has 1 fully saturated rings. The topological polar surface area (TPSA) is 24.1 Å². The molecule has 2 rings (SSSR count). The molecule has 2 heterocycles. The maximum absolute atomic E-state index is 3.70. The molecule has 0 spiro atoms. The van der Waals surface area contributed by atoms with Gasteiger partial charge in [-0.1, -0.05) is 20.8 Å². The first kappa shape index (κ1) is 14.0. The minimum Gasteiger partial charge on any atom is -0.316 e. The molecule has 0 saturated carbocycles. The molecule has 0 aliphatic carbocycles. The zero-order chi connectivity index (χ0) is 13.0. The maximum atomic E-state index is 3.70. The van der Waals surface area contributed by atoms with Gasteiger partial charge in [0.1, 0.15) is 0 Å². The molecule has 0 aromatic carbocycles. The Hall–Kier alpha value is -0.380. The largest absolute Gasteiger partial charge is 0.316 e. The van der Waals surface area contributed by atoms with Crippen molar-refractivity contribution in [3.05, 3.63) is 21.9 Å². The van der Waals surface area contributed by atoms with Crippen molar-refractivity contribution in [3.8, 4) is 0 Å². The summed E-state index contributed by atoms with van der Waals surface area (Å²) < 4.78 is 0. The van der Waals surface area contributed by atoms with Crippen LogP contribution in [-0.4, -0.2) is 19.6 Å². The van der Waals surface area contributed by atoms with Crippen LogP contribution in [0.2, 0.25) is 0 Å². The molecule has 1 atom stereocenters. The SMILES string of the molecule is CCc1ccsc1CNCC1(C(C)C)CCNC1. The normalized spacial score (nSPS) is 24.0. The van der Waals surface area contributed by atoms with E-state index in [9.17, 15) is 0 Å². The van der Waals surface area contributed by atoms with Gasteiger partial charge in [-0.05, 0) is 47.7 Å². The predicted molar refractivity (Wildman–Crippen MR) is 80.2 cm³/mol. The zero-order valence-electron chi connectivity index (χ0n) is 11.9. The average Bonchev–Trinajstić information content (AvgIpc) is 2.98. The van der Waals surface area contributed by atoms with Crippen LogP contribution in [0.4, 0.5) is 0 Å². The van der Waals surface area contributed by atoms with Gasteiger partial charge in [0.25, 0.3) is 0 Å². The third-order valence-corrected chi connectivity index (χ3v) is 5.45. The Bertz CT molecular complexity index is 364. The van der Waals surface area contributed by atoms with E-state index in [1.807, 2.05) is 11.3 Å². The second-order valence-corrected chi connectivity index (χ2v) is 6.77. The molecular formula is C15H26N2S. The first-order chi connectivity index (χ1) is 8.68. The summed E-state index contributed by atoms with van der Waals surface area (Å²) in [5.41, 5.74) is 1.97. The number of hydrogen-bond acceptors (Lipinski definition) is 3. The molecule has 0 bridgehead atoms. The van der Waals surface area contributed by atoms with Crippen LogP contribution in [0.3, 0.4) is 0 Å². The number of thiophene rings is 1. The van der Waals surface area contributed by atoms with E-state index in [-0.39, 0.29) is 0 Å². The Labute approximate surface area is 115 Å². The van der Waals surface area contributed by atoms with E-state index in [0.29, 0.717) is 5.41 Å². The molecule has 1 aliphatic rings. The molecular weight excluding hydrogens is 240 g/mol. The summed E-state index contributed by atoms with van der Waals surface area (Å²) in [5.74, 6) is 0.744. The van der Waals surface area contributed by atoms with Crippen LogP contribution in [0.25, 0.3) is 0 Å². The molecule has 18 heavy (non-hydrogen) atoms. The van der Waals surface area contributed by atoms with Crippen LogP contribution < -0.4 is 10.6 Å². The second kappa shape index (κ2) is 6.18. The Balaban J connectivity index is 1.87. The van der Waals surface area contributed by atoms with Crippen molar-refractivity contribution in [2.75, 3.05) is 19.6 Å². The molecule has 1 aromatic heterocycles. The van der Waals surface area contributed by atoms with Gasteiger partial charge in [0.2, 0.25) is 0 Å². The summed E-state index contributed by atoms with van der Waals surface area (Å²) in [6.45, 7) is 11.5. The Kier molecular flexibility index (Phi) is 4.82. The number of nitrogens with one attached hydrogen (secondary N) is 2. The molecule has 1 aromatic rings. The molecule has 1 unspecified atom stereocenters. The third kappa shape index (κ3) is 2.95. The first-order valence-electron chi connectivity index (χ1n) is 7.14. The Morgan fingerprint density at radius 2 is 2.33 bits per heavy atom. The molecule has 1 aliphatic heterocycles. The highest BCUT2D eigenvalue weighted by Gasteiger charge is 2.36. The Morgan fingerprint density at radius 1 is 1.50 bits per heavy atom. The highest BCUT2D eigenvalue weighted by atomic mass is 32.1. The molecule has 0 amide bonds. The summed E-state index contributed by atoms with van der Waals surface area (Å²) in [4.78, 5) is 1.52. The number of aryl methyl sites for hydroxylation is 1. The molecule has 2 nitrogen and oxygen atoms in total. The predicted octanol–water partition coefficient (Wildman–Crippen LogP) is 3.04. The van der Waals surface area contributed by atoms with E-state index in [1.165, 1.54) is 30.0 Å². The molecule has 0 radical (unpaired) electrons. The highest BCUT2D eigenvalue weighted by Crippen LogP contribution is 2.33. The number of hydrogen-bond donors (Lipinski definition) is 2. The van der Waals surface area contributed by atoms with Gasteiger partial charge >= 0.3 is 0 Å². The van der Waals surface area contributed by atoms with Crippen LogP contribution in [0.15, 0.2) is 11.4 Å². The Morgan fingerprint density at radius 3 is 2.94 bits per heavy atom. The van der Waals surface area contributed by atoms with E-state index in [2.05, 4.69) is 42.9 Å². The van der Waals surface area contributed by atoms with Gasteiger partial charge in [-0.25, -0.2) is 0 Å². The van der Waals surface area contributed by atoms with Gasteiger partial charge in [-0.15, -0.1) is 11.3 Å². The number of rotatable bonds is 6. The summed E-state index contributed by atoms with van der Waals surface area (Å²) in [5, 5.41) is 9.43. The van der Waals surface area contributed by atoms with E-state index in [1.54, 1.807) is 0 Å². The lowest BCUT2D eigenvalue weighted by molar-refractivity contribution is 0.208. The molecule has 102 valence electrons. The molecule has 1 saturated heterocycles. The average molecular weight is 266 g/mol. The maximum Gasteiger partial charge on any atom is 0.0302 e. The highest BCUT2D eigenvalue weighted by molar-refractivity contribution is 7.10. The smallest absolute Gasteiger partial charge is 0.0302 e. The minimum atomic E-state index is 0.462. The van der Waals surface area contributed by atoms with Crippen molar-refractivity contribution >= 4 is 11.3 Å². The van der Waals surface area contributed by atoms with Crippen LogP contribution >= 0.6 is 11.3 Å². The lowest BCUT2D eigenvalue weighted by Crippen LogP contribution is -2.40. The fraction of sp³-hybridized carbons (Fsp3) is 0.733. The summed E-state index contributed by atoms with van der Waals surface area (Å²) in [6.07, 6.45) is 2.46. The lowest BCUT2D eigenvalue weighted by atomic mass is 9.76. The second-order valence-electron chi connectivity index (χ2n) is 5.77. The van der Waals surface area contributed by atoms with Gasteiger partial charge in [0, 0.05) is 24.5 Å². The van der Waals surface area contributed by atoms with Crippen molar-refractivity contribution in [2.45, 2.75) is 40.2 Å². The monoisotopic (exact) mass is 266 g/mol. The molecule has 2 N–H and O–H groups in total. The van der Waals surface area contributed by atoms with Crippen molar-refractivity contribution in [1.29, 1.82) is 0 Å². The van der Waals surface area contributed by atoms with E-state index < -0.39 is 0 Å². The van der Waals surface area contributed by atoms with Crippen molar-refractivity contribution < 1.29 is 0 Å². The lowest BCUT2D eigenvalue weighted by Gasteiger charge is -2.33. The van der Waals surface area contributed by atoms with Crippen LogP contribution in [0, 0.1) is 11.3 Å². The quantitative estimate of drug-likeness (QED) is 0.827. The molecule has 3 heteroatoms. The summed E-state index contributed by atoms with van der Waals surface area (Å²) in [7, 11) is 0. The van der Waals surface area contributed by atoms with Crippen LogP contribution in [0.5, 0.6) is 0 Å². The van der Waals surface area contributed by atoms with Gasteiger partial charge in [-0.2, -0.15) is 0 Å². The fourth-order valence-corrected chi connectivity index (χ4v) is 3.82. The zero-order valence-corrected chi connectivity index (χ0v) is 12.7. The van der Waals surface area contributed by atoms with Crippen LogP contribution in [0.1, 0.15) is 37.6 Å². The van der Waals surface area contributed by atoms with Crippen LogP contribution in [-0.2, 0) is 13.0 Å². The van der Waals surface area contributed by atoms with Gasteiger partial charge in [0.05, 0.1) is 0 Å². The summed E-state index contributed by atoms with van der Waals surface area (Å²) >= 11 is 1.89. The van der Waals surface area contributed by atoms with E-state index >= 15 is 0 Å².